The molecule has 0 bridgehead atoms. The van der Waals surface area contributed by atoms with Crippen LogP contribution < -0.4 is 10.6 Å². The summed E-state index contributed by atoms with van der Waals surface area (Å²) < 4.78 is 26.7. The molecule has 2 N–H and O–H groups in total. The molecule has 2 aromatic rings. The summed E-state index contributed by atoms with van der Waals surface area (Å²) in [6.07, 6.45) is 0.931. The average Bonchev–Trinajstić information content (AvgIpc) is 3.03. The first-order valence-corrected chi connectivity index (χ1v) is 8.40. The van der Waals surface area contributed by atoms with E-state index in [1.165, 1.54) is 17.0 Å². The molecule has 124 valence electrons. The molecule has 0 saturated heterocycles. The molecule has 3 nitrogen and oxygen atoms in total. The van der Waals surface area contributed by atoms with Crippen LogP contribution in [0.15, 0.2) is 40.7 Å². The van der Waals surface area contributed by atoms with E-state index in [4.69, 9.17) is 0 Å². The number of nitrogens with zero attached hydrogens (tertiary/aromatic N) is 1. The number of hydrogen-bond acceptors (Lipinski definition) is 2. The van der Waals surface area contributed by atoms with Gasteiger partial charge in [0.2, 0.25) is 0 Å². The third kappa shape index (κ3) is 5.32. The SMILES string of the molecule is CN=C(NCCc1cccs1)NCC(C)c1ccc(F)cc1F. The molecule has 2 rings (SSSR count). The van der Waals surface area contributed by atoms with Gasteiger partial charge in [-0.05, 0) is 29.5 Å². The lowest BCUT2D eigenvalue weighted by Crippen LogP contribution is -2.40. The molecule has 0 spiro atoms. The third-order valence-corrected chi connectivity index (χ3v) is 4.47. The molecule has 1 atom stereocenters. The van der Waals surface area contributed by atoms with Gasteiger partial charge < -0.3 is 10.6 Å². The Bertz CT molecular complexity index is 641. The van der Waals surface area contributed by atoms with Gasteiger partial charge in [0, 0.05) is 37.0 Å². The van der Waals surface area contributed by atoms with Crippen LogP contribution in [0.5, 0.6) is 0 Å². The number of benzene rings is 1. The number of thiophene rings is 1. The summed E-state index contributed by atoms with van der Waals surface area (Å²) in [5, 5.41) is 8.46. The Labute approximate surface area is 139 Å². The standard InChI is InChI=1S/C17H21F2N3S/c1-12(15-6-5-13(18)10-16(15)19)11-22-17(20-2)21-8-7-14-4-3-9-23-14/h3-6,9-10,12H,7-8,11H2,1-2H3,(H2,20,21,22). The van der Waals surface area contributed by atoms with Gasteiger partial charge in [-0.15, -0.1) is 11.3 Å². The highest BCUT2D eigenvalue weighted by Gasteiger charge is 2.12. The van der Waals surface area contributed by atoms with Gasteiger partial charge in [-0.2, -0.15) is 0 Å². The van der Waals surface area contributed by atoms with Crippen LogP contribution >= 0.6 is 11.3 Å². The van der Waals surface area contributed by atoms with Gasteiger partial charge in [-0.25, -0.2) is 8.78 Å². The zero-order chi connectivity index (χ0) is 16.7. The number of nitrogens with one attached hydrogen (secondary N) is 2. The van der Waals surface area contributed by atoms with Crippen molar-refractivity contribution in [2.75, 3.05) is 20.1 Å². The van der Waals surface area contributed by atoms with Crippen LogP contribution in [0.3, 0.4) is 0 Å². The number of hydrogen-bond donors (Lipinski definition) is 2. The van der Waals surface area contributed by atoms with Gasteiger partial charge in [0.1, 0.15) is 11.6 Å². The van der Waals surface area contributed by atoms with E-state index in [9.17, 15) is 8.78 Å². The van der Waals surface area contributed by atoms with Crippen LogP contribution in [0.2, 0.25) is 0 Å². The zero-order valence-corrected chi connectivity index (χ0v) is 14.1. The molecule has 6 heteroatoms. The van der Waals surface area contributed by atoms with Gasteiger partial charge in [-0.3, -0.25) is 4.99 Å². The predicted molar refractivity (Wildman–Crippen MR) is 92.2 cm³/mol. The first-order valence-electron chi connectivity index (χ1n) is 7.52. The molecule has 0 fully saturated rings. The fraction of sp³-hybridized carbons (Fsp3) is 0.353. The van der Waals surface area contributed by atoms with E-state index in [1.807, 2.05) is 13.0 Å². The van der Waals surface area contributed by atoms with Gasteiger partial charge in [0.05, 0.1) is 0 Å². The lowest BCUT2D eigenvalue weighted by molar-refractivity contribution is 0.556. The molecule has 1 unspecified atom stereocenters. The first-order chi connectivity index (χ1) is 11.1. The van der Waals surface area contributed by atoms with E-state index in [0.29, 0.717) is 18.1 Å². The largest absolute Gasteiger partial charge is 0.356 e. The molecule has 0 saturated carbocycles. The Morgan fingerprint density at radius 3 is 2.74 bits per heavy atom. The Balaban J connectivity index is 1.80. The van der Waals surface area contributed by atoms with Gasteiger partial charge in [-0.1, -0.05) is 19.1 Å². The zero-order valence-electron chi connectivity index (χ0n) is 13.3. The van der Waals surface area contributed by atoms with Crippen molar-refractivity contribution in [2.24, 2.45) is 4.99 Å². The van der Waals surface area contributed by atoms with E-state index >= 15 is 0 Å². The lowest BCUT2D eigenvalue weighted by atomic mass is 10.0. The quantitative estimate of drug-likeness (QED) is 0.625. The molecular weight excluding hydrogens is 316 g/mol. The highest BCUT2D eigenvalue weighted by Crippen LogP contribution is 2.19. The number of halogens is 2. The normalized spacial score (nSPS) is 13.0. The van der Waals surface area contributed by atoms with E-state index in [2.05, 4.69) is 27.1 Å². The smallest absolute Gasteiger partial charge is 0.191 e. The van der Waals surface area contributed by atoms with Crippen molar-refractivity contribution in [3.63, 3.8) is 0 Å². The monoisotopic (exact) mass is 337 g/mol. The molecule has 0 aliphatic carbocycles. The second-order valence-electron chi connectivity index (χ2n) is 5.28. The van der Waals surface area contributed by atoms with Crippen LogP contribution in [0.1, 0.15) is 23.3 Å². The average molecular weight is 337 g/mol. The summed E-state index contributed by atoms with van der Waals surface area (Å²) in [5.41, 5.74) is 0.493. The minimum atomic E-state index is -0.558. The first kappa shape index (κ1) is 17.4. The van der Waals surface area contributed by atoms with E-state index in [0.717, 1.165) is 19.0 Å². The highest BCUT2D eigenvalue weighted by atomic mass is 32.1. The van der Waals surface area contributed by atoms with Crippen molar-refractivity contribution in [3.8, 4) is 0 Å². The van der Waals surface area contributed by atoms with Crippen LogP contribution in [-0.2, 0) is 6.42 Å². The van der Waals surface area contributed by atoms with Crippen LogP contribution in [0.25, 0.3) is 0 Å². The second-order valence-corrected chi connectivity index (χ2v) is 6.31. The summed E-state index contributed by atoms with van der Waals surface area (Å²) in [7, 11) is 1.70. The molecule has 0 radical (unpaired) electrons. The Kier molecular flexibility index (Phi) is 6.52. The Hall–Kier alpha value is -1.95. The summed E-state index contributed by atoms with van der Waals surface area (Å²) in [5.74, 6) is -0.486. The Morgan fingerprint density at radius 2 is 2.09 bits per heavy atom. The van der Waals surface area contributed by atoms with Crippen molar-refractivity contribution in [3.05, 3.63) is 57.8 Å². The van der Waals surface area contributed by atoms with Crippen molar-refractivity contribution in [1.29, 1.82) is 0 Å². The number of guanidine groups is 1. The lowest BCUT2D eigenvalue weighted by Gasteiger charge is -2.17. The summed E-state index contributed by atoms with van der Waals surface area (Å²) >= 11 is 1.73. The molecule has 1 heterocycles. The minimum absolute atomic E-state index is 0.0913. The van der Waals surface area contributed by atoms with E-state index in [-0.39, 0.29) is 5.92 Å². The maximum absolute atomic E-state index is 13.8. The third-order valence-electron chi connectivity index (χ3n) is 3.54. The highest BCUT2D eigenvalue weighted by molar-refractivity contribution is 7.09. The molecule has 23 heavy (non-hydrogen) atoms. The van der Waals surface area contributed by atoms with Crippen molar-refractivity contribution >= 4 is 17.3 Å². The van der Waals surface area contributed by atoms with Gasteiger partial charge >= 0.3 is 0 Å². The van der Waals surface area contributed by atoms with Crippen LogP contribution in [0.4, 0.5) is 8.78 Å². The second kappa shape index (κ2) is 8.62. The molecular formula is C17H21F2N3S. The van der Waals surface area contributed by atoms with Crippen LogP contribution in [-0.4, -0.2) is 26.1 Å². The van der Waals surface area contributed by atoms with Crippen LogP contribution in [0, 0.1) is 11.6 Å². The van der Waals surface area contributed by atoms with Crippen molar-refractivity contribution in [1.82, 2.24) is 10.6 Å². The van der Waals surface area contributed by atoms with Gasteiger partial charge in [0.15, 0.2) is 5.96 Å². The molecule has 0 aliphatic heterocycles. The molecule has 0 amide bonds. The maximum Gasteiger partial charge on any atom is 0.191 e. The molecule has 1 aromatic heterocycles. The number of aliphatic imine (C=N–C) groups is 1. The van der Waals surface area contributed by atoms with Crippen molar-refractivity contribution in [2.45, 2.75) is 19.3 Å². The maximum atomic E-state index is 13.8. The topological polar surface area (TPSA) is 36.4 Å². The van der Waals surface area contributed by atoms with Crippen molar-refractivity contribution < 1.29 is 8.78 Å². The van der Waals surface area contributed by atoms with Gasteiger partial charge in [0.25, 0.3) is 0 Å². The Morgan fingerprint density at radius 1 is 1.26 bits per heavy atom. The fourth-order valence-corrected chi connectivity index (χ4v) is 2.95. The summed E-state index contributed by atoms with van der Waals surface area (Å²) in [4.78, 5) is 5.47. The summed E-state index contributed by atoms with van der Waals surface area (Å²) in [6.45, 7) is 3.18. The fourth-order valence-electron chi connectivity index (χ4n) is 2.24. The predicted octanol–water partition coefficient (Wildman–Crippen LogP) is 3.54. The van der Waals surface area contributed by atoms with E-state index < -0.39 is 11.6 Å². The minimum Gasteiger partial charge on any atom is -0.356 e. The molecule has 0 aliphatic rings. The molecule has 1 aromatic carbocycles. The number of rotatable bonds is 6. The van der Waals surface area contributed by atoms with E-state index in [1.54, 1.807) is 18.4 Å². The summed E-state index contributed by atoms with van der Waals surface area (Å²) in [6, 6.07) is 7.82.